The summed E-state index contributed by atoms with van der Waals surface area (Å²) in [5.41, 5.74) is 1.34. The van der Waals surface area contributed by atoms with Gasteiger partial charge in [-0.3, -0.25) is 4.90 Å². The lowest BCUT2D eigenvalue weighted by Crippen LogP contribution is -2.55. The first-order valence-corrected chi connectivity index (χ1v) is 6.88. The zero-order valence-corrected chi connectivity index (χ0v) is 10.5. The molecule has 1 fully saturated rings. The molecular formula is C12H19NO3S. The Morgan fingerprint density at radius 1 is 1.24 bits per heavy atom. The van der Waals surface area contributed by atoms with E-state index in [0.717, 1.165) is 19.4 Å². The van der Waals surface area contributed by atoms with Crippen LogP contribution in [0.3, 0.4) is 0 Å². The smallest absolute Gasteiger partial charge is 0.108 e. The molecule has 1 aromatic heterocycles. The van der Waals surface area contributed by atoms with Crippen LogP contribution in [0.4, 0.5) is 0 Å². The number of rotatable bonds is 4. The minimum absolute atomic E-state index is 0.446. The second-order valence-corrected chi connectivity index (χ2v) is 5.40. The third-order valence-corrected chi connectivity index (χ3v) is 3.93. The normalized spacial score (nSPS) is 30.6. The number of hydrogen-bond donors (Lipinski definition) is 3. The van der Waals surface area contributed by atoms with Gasteiger partial charge in [-0.1, -0.05) is 0 Å². The molecule has 4 nitrogen and oxygen atoms in total. The number of nitrogens with zero attached hydrogens (tertiary/aromatic N) is 1. The van der Waals surface area contributed by atoms with Crippen LogP contribution in [-0.2, 0) is 6.42 Å². The molecule has 0 saturated carbocycles. The first kappa shape index (κ1) is 13.0. The van der Waals surface area contributed by atoms with Crippen molar-refractivity contribution in [1.82, 2.24) is 4.90 Å². The highest BCUT2D eigenvalue weighted by Crippen LogP contribution is 2.14. The number of likely N-dealkylation sites (tertiary alicyclic amines) is 1. The molecule has 96 valence electrons. The topological polar surface area (TPSA) is 63.9 Å². The van der Waals surface area contributed by atoms with Crippen molar-refractivity contribution in [3.63, 3.8) is 0 Å². The van der Waals surface area contributed by atoms with Crippen LogP contribution in [0, 0.1) is 0 Å². The number of aliphatic hydroxyl groups excluding tert-OH is 3. The van der Waals surface area contributed by atoms with Gasteiger partial charge in [-0.05, 0) is 41.8 Å². The number of thiophene rings is 1. The van der Waals surface area contributed by atoms with Crippen LogP contribution in [0.5, 0.6) is 0 Å². The molecule has 17 heavy (non-hydrogen) atoms. The summed E-state index contributed by atoms with van der Waals surface area (Å²) in [6.45, 7) is 1.74. The van der Waals surface area contributed by atoms with E-state index in [1.165, 1.54) is 5.56 Å². The number of aliphatic hydroxyl groups is 3. The van der Waals surface area contributed by atoms with E-state index in [9.17, 15) is 15.3 Å². The number of hydrogen-bond acceptors (Lipinski definition) is 5. The fourth-order valence-corrected chi connectivity index (χ4v) is 2.90. The van der Waals surface area contributed by atoms with Crippen LogP contribution in [0.25, 0.3) is 0 Å². The zero-order valence-electron chi connectivity index (χ0n) is 9.70. The van der Waals surface area contributed by atoms with Gasteiger partial charge in [0.25, 0.3) is 0 Å². The van der Waals surface area contributed by atoms with Crippen molar-refractivity contribution in [3.8, 4) is 0 Å². The molecule has 1 saturated heterocycles. The Kier molecular flexibility index (Phi) is 4.53. The first-order chi connectivity index (χ1) is 8.16. The quantitative estimate of drug-likeness (QED) is 0.715. The average Bonchev–Trinajstić information content (AvgIpc) is 2.79. The zero-order chi connectivity index (χ0) is 12.3. The summed E-state index contributed by atoms with van der Waals surface area (Å²) >= 11 is 1.70. The fraction of sp³-hybridized carbons (Fsp3) is 0.667. The second kappa shape index (κ2) is 5.93. The molecule has 2 atom stereocenters. The van der Waals surface area contributed by atoms with E-state index in [0.29, 0.717) is 13.1 Å². The predicted octanol–water partition coefficient (Wildman–Crippen LogP) is 0.0790. The molecule has 1 aliphatic rings. The van der Waals surface area contributed by atoms with Gasteiger partial charge in [0, 0.05) is 13.1 Å². The van der Waals surface area contributed by atoms with Crippen molar-refractivity contribution in [2.75, 3.05) is 19.6 Å². The Bertz CT molecular complexity index is 319. The Morgan fingerprint density at radius 3 is 2.53 bits per heavy atom. The van der Waals surface area contributed by atoms with Gasteiger partial charge in [0.1, 0.15) is 6.10 Å². The second-order valence-electron chi connectivity index (χ2n) is 4.62. The highest BCUT2D eigenvalue weighted by atomic mass is 32.1. The van der Waals surface area contributed by atoms with Crippen molar-refractivity contribution in [3.05, 3.63) is 22.4 Å². The highest BCUT2D eigenvalue weighted by molar-refractivity contribution is 7.07. The lowest BCUT2D eigenvalue weighted by Gasteiger charge is -2.36. The van der Waals surface area contributed by atoms with Crippen molar-refractivity contribution in [1.29, 1.82) is 0 Å². The van der Waals surface area contributed by atoms with Crippen molar-refractivity contribution in [2.24, 2.45) is 0 Å². The summed E-state index contributed by atoms with van der Waals surface area (Å²) in [5, 5.41) is 32.7. The Morgan fingerprint density at radius 2 is 1.94 bits per heavy atom. The van der Waals surface area contributed by atoms with E-state index in [2.05, 4.69) is 16.8 Å². The molecule has 1 aromatic rings. The summed E-state index contributed by atoms with van der Waals surface area (Å²) in [6, 6.07) is 2.12. The molecule has 0 radical (unpaired) electrons. The molecule has 0 aliphatic carbocycles. The summed E-state index contributed by atoms with van der Waals surface area (Å²) in [7, 11) is 0. The predicted molar refractivity (Wildman–Crippen MR) is 67.1 cm³/mol. The van der Waals surface area contributed by atoms with Crippen LogP contribution in [0.1, 0.15) is 12.0 Å². The van der Waals surface area contributed by atoms with E-state index < -0.39 is 18.3 Å². The van der Waals surface area contributed by atoms with E-state index >= 15 is 0 Å². The van der Waals surface area contributed by atoms with E-state index in [1.807, 2.05) is 4.90 Å². The molecule has 1 aliphatic heterocycles. The average molecular weight is 257 g/mol. The van der Waals surface area contributed by atoms with Gasteiger partial charge in [-0.15, -0.1) is 0 Å². The lowest BCUT2D eigenvalue weighted by atomic mass is 10.0. The van der Waals surface area contributed by atoms with Crippen LogP contribution in [0.15, 0.2) is 16.8 Å². The van der Waals surface area contributed by atoms with Crippen molar-refractivity contribution >= 4 is 11.3 Å². The van der Waals surface area contributed by atoms with Gasteiger partial charge in [0.2, 0.25) is 0 Å². The summed E-state index contributed by atoms with van der Waals surface area (Å²) in [4.78, 5) is 2.01. The minimum atomic E-state index is -0.997. The molecule has 3 N–H and O–H groups in total. The molecule has 2 rings (SSSR count). The summed E-state index contributed by atoms with van der Waals surface area (Å²) in [5.74, 6) is 0. The molecular weight excluding hydrogens is 238 g/mol. The molecule has 2 unspecified atom stereocenters. The van der Waals surface area contributed by atoms with E-state index in [4.69, 9.17) is 0 Å². The van der Waals surface area contributed by atoms with Gasteiger partial charge < -0.3 is 15.3 Å². The largest absolute Gasteiger partial charge is 0.389 e. The Balaban J connectivity index is 1.72. The Labute approximate surface area is 105 Å². The number of piperidine rings is 1. The molecule has 0 amide bonds. The summed E-state index contributed by atoms with van der Waals surface area (Å²) < 4.78 is 0. The van der Waals surface area contributed by atoms with Crippen LogP contribution < -0.4 is 0 Å². The van der Waals surface area contributed by atoms with Gasteiger partial charge in [-0.25, -0.2) is 0 Å². The van der Waals surface area contributed by atoms with Crippen molar-refractivity contribution in [2.45, 2.75) is 31.2 Å². The molecule has 0 spiro atoms. The monoisotopic (exact) mass is 257 g/mol. The fourth-order valence-electron chi connectivity index (χ4n) is 2.20. The third kappa shape index (κ3) is 3.50. The van der Waals surface area contributed by atoms with Gasteiger partial charge in [0.15, 0.2) is 0 Å². The van der Waals surface area contributed by atoms with Crippen molar-refractivity contribution < 1.29 is 15.3 Å². The van der Waals surface area contributed by atoms with Gasteiger partial charge >= 0.3 is 0 Å². The number of aryl methyl sites for hydroxylation is 1. The third-order valence-electron chi connectivity index (χ3n) is 3.20. The molecule has 0 bridgehead atoms. The van der Waals surface area contributed by atoms with Gasteiger partial charge in [0.05, 0.1) is 12.2 Å². The number of β-amino-alcohol motifs (C(OH)–C–C–N with tert-alkyl or cyclic N) is 2. The SMILES string of the molecule is OC1CN(CCCc2ccsc2)CC(O)C1O. The van der Waals surface area contributed by atoms with Crippen LogP contribution in [-0.4, -0.2) is 58.2 Å². The van der Waals surface area contributed by atoms with Crippen LogP contribution >= 0.6 is 11.3 Å². The van der Waals surface area contributed by atoms with E-state index in [-0.39, 0.29) is 0 Å². The van der Waals surface area contributed by atoms with Gasteiger partial charge in [-0.2, -0.15) is 11.3 Å². The lowest BCUT2D eigenvalue weighted by molar-refractivity contribution is -0.109. The highest BCUT2D eigenvalue weighted by Gasteiger charge is 2.32. The van der Waals surface area contributed by atoms with Crippen LogP contribution in [0.2, 0.25) is 0 Å². The maximum Gasteiger partial charge on any atom is 0.108 e. The molecule has 5 heteroatoms. The molecule has 0 aromatic carbocycles. The molecule has 2 heterocycles. The minimum Gasteiger partial charge on any atom is -0.389 e. The maximum absolute atomic E-state index is 9.55. The maximum atomic E-state index is 9.55. The standard InChI is InChI=1S/C12H19NO3S/c14-10-6-13(7-11(15)12(10)16)4-1-2-9-3-5-17-8-9/h3,5,8,10-12,14-16H,1-2,4,6-7H2. The summed E-state index contributed by atoms with van der Waals surface area (Å²) in [6.07, 6.45) is -0.635. The van der Waals surface area contributed by atoms with E-state index in [1.54, 1.807) is 11.3 Å². The first-order valence-electron chi connectivity index (χ1n) is 5.94. The Hall–Kier alpha value is -0.460.